The van der Waals surface area contributed by atoms with Gasteiger partial charge in [0.1, 0.15) is 10.5 Å². The molecule has 192 valence electrons. The van der Waals surface area contributed by atoms with Crippen LogP contribution in [0.2, 0.25) is 0 Å². The first-order valence-electron chi connectivity index (χ1n) is 12.7. The highest BCUT2D eigenvalue weighted by Gasteiger charge is 2.21. The first kappa shape index (κ1) is 25.4. The van der Waals surface area contributed by atoms with Crippen LogP contribution in [0.15, 0.2) is 71.6 Å². The lowest BCUT2D eigenvalue weighted by atomic mass is 9.99. The van der Waals surface area contributed by atoms with Crippen LogP contribution in [0.1, 0.15) is 38.7 Å². The highest BCUT2D eigenvalue weighted by atomic mass is 32.1. The van der Waals surface area contributed by atoms with Gasteiger partial charge in [0.15, 0.2) is 0 Å². The zero-order valence-electron chi connectivity index (χ0n) is 21.5. The highest BCUT2D eigenvalue weighted by molar-refractivity contribution is 7.71. The number of aliphatic imine (C=N–C) groups is 1. The number of rotatable bonds is 7. The smallest absolute Gasteiger partial charge is 0.251 e. The largest absolute Gasteiger partial charge is 0.387 e. The van der Waals surface area contributed by atoms with Crippen LogP contribution in [0.3, 0.4) is 0 Å². The summed E-state index contributed by atoms with van der Waals surface area (Å²) in [5.74, 6) is 0.895. The summed E-state index contributed by atoms with van der Waals surface area (Å²) in [6, 6.07) is 13.9. The Hall–Kier alpha value is -4.24. The molecule has 0 unspecified atom stereocenters. The van der Waals surface area contributed by atoms with Gasteiger partial charge in [0.25, 0.3) is 5.95 Å². The van der Waals surface area contributed by atoms with Crippen molar-refractivity contribution in [1.29, 1.82) is 0 Å². The third kappa shape index (κ3) is 5.10. The Morgan fingerprint density at radius 1 is 1.05 bits per heavy atom. The number of amidine groups is 1. The number of fused-ring (bicyclic) bond motifs is 2. The molecule has 1 amide bonds. The summed E-state index contributed by atoms with van der Waals surface area (Å²) in [4.78, 5) is 28.3. The van der Waals surface area contributed by atoms with E-state index in [1.807, 2.05) is 41.3 Å². The third-order valence-corrected chi connectivity index (χ3v) is 6.80. The third-order valence-electron chi connectivity index (χ3n) is 6.41. The molecule has 1 aliphatic rings. The number of aromatic nitrogens is 4. The van der Waals surface area contributed by atoms with Crippen molar-refractivity contribution in [2.75, 3.05) is 13.1 Å². The van der Waals surface area contributed by atoms with Crippen molar-refractivity contribution in [2.45, 2.75) is 33.1 Å². The Morgan fingerprint density at radius 2 is 1.76 bits per heavy atom. The predicted molar refractivity (Wildman–Crippen MR) is 154 cm³/mol. The van der Waals surface area contributed by atoms with Crippen LogP contribution >= 0.6 is 12.2 Å². The number of carbonyl (C=O) groups is 1. The van der Waals surface area contributed by atoms with Crippen molar-refractivity contribution in [1.82, 2.24) is 24.6 Å². The lowest BCUT2D eigenvalue weighted by Crippen LogP contribution is -2.34. The summed E-state index contributed by atoms with van der Waals surface area (Å²) in [6.07, 6.45) is 9.18. The van der Waals surface area contributed by atoms with E-state index in [1.54, 1.807) is 29.3 Å². The Labute approximate surface area is 226 Å². The summed E-state index contributed by atoms with van der Waals surface area (Å²) < 4.78 is 2.10. The van der Waals surface area contributed by atoms with Crippen LogP contribution in [-0.4, -0.2) is 49.5 Å². The van der Waals surface area contributed by atoms with E-state index >= 15 is 0 Å². The molecular weight excluding hydrogens is 494 g/mol. The second kappa shape index (κ2) is 11.0. The summed E-state index contributed by atoms with van der Waals surface area (Å²) in [5, 5.41) is 6.28. The average Bonchev–Trinajstić information content (AvgIpc) is 3.10. The molecule has 0 saturated carbocycles. The van der Waals surface area contributed by atoms with Gasteiger partial charge in [-0.25, -0.2) is 15.0 Å². The minimum absolute atomic E-state index is 0.0312. The maximum Gasteiger partial charge on any atom is 0.251 e. The molecule has 0 aliphatic carbocycles. The second-order valence-corrected chi connectivity index (χ2v) is 9.61. The normalized spacial score (nSPS) is 12.9. The highest BCUT2D eigenvalue weighted by Crippen LogP contribution is 2.33. The van der Waals surface area contributed by atoms with Crippen molar-refractivity contribution >= 4 is 46.5 Å². The van der Waals surface area contributed by atoms with Gasteiger partial charge in [-0.05, 0) is 48.2 Å². The molecule has 8 nitrogen and oxygen atoms in total. The average molecular weight is 524 g/mol. The first-order valence-corrected chi connectivity index (χ1v) is 13.2. The lowest BCUT2D eigenvalue weighted by Gasteiger charge is -2.22. The molecule has 1 aliphatic heterocycles. The van der Waals surface area contributed by atoms with Gasteiger partial charge in [-0.2, -0.15) is 9.78 Å². The number of nitrogens with two attached hydrogens (primary N) is 1. The van der Waals surface area contributed by atoms with Gasteiger partial charge >= 0.3 is 0 Å². The molecule has 0 bridgehead atoms. The molecule has 0 saturated heterocycles. The standard InChI is InChI=1S/C29H29N7OS/c1-3-12-35(13-4-2)27(37)22-15-21-7-6-20(16-25(21)34-26(30)17-22)19-8-9-24-23(14-19)18-33-36(28(24)38)29-31-10-5-11-32-29/h5-11,14-16,18H,3-4,12-13,17H2,1-2H3,(H2,30,34). The maximum atomic E-state index is 13.3. The Morgan fingerprint density at radius 3 is 2.50 bits per heavy atom. The molecule has 0 radical (unpaired) electrons. The van der Waals surface area contributed by atoms with Crippen molar-refractivity contribution in [3.8, 4) is 17.1 Å². The minimum Gasteiger partial charge on any atom is -0.387 e. The quantitative estimate of drug-likeness (QED) is 0.315. The molecule has 5 rings (SSSR count). The fourth-order valence-corrected chi connectivity index (χ4v) is 4.95. The van der Waals surface area contributed by atoms with Gasteiger partial charge in [-0.3, -0.25) is 4.79 Å². The van der Waals surface area contributed by atoms with E-state index in [-0.39, 0.29) is 5.91 Å². The van der Waals surface area contributed by atoms with Gasteiger partial charge in [0.05, 0.1) is 11.9 Å². The molecule has 0 spiro atoms. The molecule has 0 atom stereocenters. The van der Waals surface area contributed by atoms with Gasteiger partial charge in [0, 0.05) is 53.8 Å². The summed E-state index contributed by atoms with van der Waals surface area (Å²) in [6.45, 7) is 5.62. The van der Waals surface area contributed by atoms with Crippen LogP contribution in [-0.2, 0) is 4.79 Å². The summed E-state index contributed by atoms with van der Waals surface area (Å²) in [7, 11) is 0. The van der Waals surface area contributed by atoms with Gasteiger partial charge in [-0.1, -0.05) is 50.3 Å². The maximum absolute atomic E-state index is 13.3. The first-order chi connectivity index (χ1) is 18.5. The fourth-order valence-electron chi connectivity index (χ4n) is 4.64. The van der Waals surface area contributed by atoms with Crippen LogP contribution in [0, 0.1) is 4.64 Å². The molecule has 2 N–H and O–H groups in total. The SMILES string of the molecule is CCCN(CCC)C(=O)C1=Cc2ccc(-c3ccc4c(=S)n(-c5ncccn5)ncc4c3)cc2N=C(N)C1. The van der Waals surface area contributed by atoms with E-state index in [2.05, 4.69) is 40.0 Å². The molecule has 4 aromatic rings. The van der Waals surface area contributed by atoms with Crippen LogP contribution in [0.25, 0.3) is 33.9 Å². The number of hydrogen-bond acceptors (Lipinski definition) is 7. The number of hydrogen-bond donors (Lipinski definition) is 1. The van der Waals surface area contributed by atoms with Gasteiger partial charge in [-0.15, -0.1) is 0 Å². The number of nitrogens with zero attached hydrogens (tertiary/aromatic N) is 6. The van der Waals surface area contributed by atoms with E-state index in [0.717, 1.165) is 59.1 Å². The number of amides is 1. The monoisotopic (exact) mass is 523 g/mol. The number of carbonyl (C=O) groups excluding carboxylic acids is 1. The Kier molecular flexibility index (Phi) is 7.37. The number of benzene rings is 2. The Bertz CT molecular complexity index is 1620. The van der Waals surface area contributed by atoms with E-state index in [1.165, 1.54) is 0 Å². The fraction of sp³-hybridized carbons (Fsp3) is 0.241. The molecule has 2 aromatic carbocycles. The summed E-state index contributed by atoms with van der Waals surface area (Å²) in [5.41, 5.74) is 10.6. The zero-order chi connectivity index (χ0) is 26.6. The van der Waals surface area contributed by atoms with Crippen molar-refractivity contribution < 1.29 is 4.79 Å². The Balaban J connectivity index is 1.49. The lowest BCUT2D eigenvalue weighted by molar-refractivity contribution is -0.127. The molecule has 9 heteroatoms. The summed E-state index contributed by atoms with van der Waals surface area (Å²) >= 11 is 5.68. The van der Waals surface area contributed by atoms with E-state index in [9.17, 15) is 4.79 Å². The molecule has 38 heavy (non-hydrogen) atoms. The van der Waals surface area contributed by atoms with E-state index in [4.69, 9.17) is 18.0 Å². The zero-order valence-corrected chi connectivity index (χ0v) is 22.3. The topological polar surface area (TPSA) is 102 Å². The van der Waals surface area contributed by atoms with Crippen molar-refractivity contribution in [3.05, 3.63) is 76.8 Å². The van der Waals surface area contributed by atoms with E-state index in [0.29, 0.717) is 28.4 Å². The molecule has 3 heterocycles. The van der Waals surface area contributed by atoms with Crippen LogP contribution < -0.4 is 5.73 Å². The van der Waals surface area contributed by atoms with Crippen molar-refractivity contribution in [2.24, 2.45) is 10.7 Å². The molecular formula is C29H29N7OS. The molecule has 2 aromatic heterocycles. The van der Waals surface area contributed by atoms with Gasteiger partial charge in [0.2, 0.25) is 5.91 Å². The predicted octanol–water partition coefficient (Wildman–Crippen LogP) is 5.64. The minimum atomic E-state index is 0.0312. The van der Waals surface area contributed by atoms with Crippen LogP contribution in [0.5, 0.6) is 0 Å². The van der Waals surface area contributed by atoms with Crippen molar-refractivity contribution in [3.63, 3.8) is 0 Å². The molecule has 0 fully saturated rings. The van der Waals surface area contributed by atoms with Crippen LogP contribution in [0.4, 0.5) is 5.69 Å². The van der Waals surface area contributed by atoms with E-state index < -0.39 is 0 Å². The second-order valence-electron chi connectivity index (χ2n) is 9.23. The van der Waals surface area contributed by atoms with Gasteiger partial charge < -0.3 is 10.6 Å².